The number of piperazine rings is 1. The zero-order valence-corrected chi connectivity index (χ0v) is 35.2. The van der Waals surface area contributed by atoms with Gasteiger partial charge in [0.2, 0.25) is 17.7 Å². The number of nitrogens with one attached hydrogen (secondary N) is 2. The zero-order chi connectivity index (χ0) is 44.0. The number of aromatic nitrogens is 4. The Kier molecular flexibility index (Phi) is 9.68. The smallest absolute Gasteiger partial charge is 0.274 e. The predicted molar refractivity (Wildman–Crippen MR) is 227 cm³/mol. The van der Waals surface area contributed by atoms with Crippen LogP contribution < -0.4 is 15.5 Å². The predicted octanol–water partition coefficient (Wildman–Crippen LogP) is 4.92. The van der Waals surface area contributed by atoms with Gasteiger partial charge in [-0.2, -0.15) is 15.5 Å². The number of hydrogen-bond donors (Lipinski definition) is 3. The first-order valence-electron chi connectivity index (χ1n) is 21.7. The summed E-state index contributed by atoms with van der Waals surface area (Å²) >= 11 is 0. The first-order valence-corrected chi connectivity index (χ1v) is 21.7. The molecule has 6 fully saturated rings. The zero-order valence-electron chi connectivity index (χ0n) is 35.2. The molecule has 0 radical (unpaired) electrons. The first-order chi connectivity index (χ1) is 30.1. The molecule has 11 rings (SSSR count). The van der Waals surface area contributed by atoms with E-state index in [0.717, 1.165) is 62.5 Å². The highest BCUT2D eigenvalue weighted by Gasteiger charge is 2.53. The number of rotatable bonds is 8. The molecule has 63 heavy (non-hydrogen) atoms. The fourth-order valence-electron chi connectivity index (χ4n) is 10.9. The van der Waals surface area contributed by atoms with Gasteiger partial charge in [0.15, 0.2) is 0 Å². The van der Waals surface area contributed by atoms with E-state index in [1.807, 2.05) is 17.0 Å². The van der Waals surface area contributed by atoms with E-state index in [9.17, 15) is 29.5 Å². The van der Waals surface area contributed by atoms with Crippen LogP contribution in [0.3, 0.4) is 0 Å². The van der Waals surface area contributed by atoms with Gasteiger partial charge in [0.05, 0.1) is 45.8 Å². The van der Waals surface area contributed by atoms with Crippen molar-refractivity contribution >= 4 is 51.4 Å². The van der Waals surface area contributed by atoms with E-state index in [-0.39, 0.29) is 41.3 Å². The highest BCUT2D eigenvalue weighted by Crippen LogP contribution is 2.54. The lowest BCUT2D eigenvalue weighted by molar-refractivity contribution is -0.141. The van der Waals surface area contributed by atoms with Crippen molar-refractivity contribution in [1.82, 2.24) is 34.5 Å². The van der Waals surface area contributed by atoms with Crippen molar-refractivity contribution in [2.45, 2.75) is 87.8 Å². The van der Waals surface area contributed by atoms with E-state index < -0.39 is 40.9 Å². The summed E-state index contributed by atoms with van der Waals surface area (Å²) in [6.45, 7) is 6.88. The lowest BCUT2D eigenvalue weighted by Gasteiger charge is -2.59. The van der Waals surface area contributed by atoms with Crippen molar-refractivity contribution in [3.63, 3.8) is 0 Å². The van der Waals surface area contributed by atoms with E-state index in [1.165, 1.54) is 22.8 Å². The number of anilines is 2. The van der Waals surface area contributed by atoms with Crippen molar-refractivity contribution in [3.05, 3.63) is 88.9 Å². The van der Waals surface area contributed by atoms with Gasteiger partial charge in [-0.3, -0.25) is 34.1 Å². The molecule has 17 heteroatoms. The van der Waals surface area contributed by atoms with Crippen LogP contribution in [0.2, 0.25) is 0 Å². The molecule has 3 aliphatic heterocycles. The van der Waals surface area contributed by atoms with Crippen LogP contribution in [0.5, 0.6) is 0 Å². The minimum absolute atomic E-state index is 0.0219. The third-order valence-corrected chi connectivity index (χ3v) is 14.6. The van der Waals surface area contributed by atoms with Crippen LogP contribution in [0, 0.1) is 28.9 Å². The maximum atomic E-state index is 15.2. The van der Waals surface area contributed by atoms with Gasteiger partial charge in [-0.25, -0.2) is 13.3 Å². The third-order valence-electron chi connectivity index (χ3n) is 14.6. The number of imide groups is 1. The van der Waals surface area contributed by atoms with Gasteiger partial charge in [0, 0.05) is 85.3 Å². The van der Waals surface area contributed by atoms with Crippen LogP contribution in [0.25, 0.3) is 16.4 Å². The van der Waals surface area contributed by atoms with E-state index in [1.54, 1.807) is 36.9 Å². The van der Waals surface area contributed by atoms with E-state index >= 15 is 8.78 Å². The highest BCUT2D eigenvalue weighted by molar-refractivity contribution is 6.05. The number of amides is 4. The number of halogens is 2. The maximum absolute atomic E-state index is 15.2. The van der Waals surface area contributed by atoms with Crippen LogP contribution in [-0.4, -0.2) is 103 Å². The molecule has 326 valence electrons. The normalized spacial score (nSPS) is 24.4. The molecule has 1 atom stereocenters. The van der Waals surface area contributed by atoms with Gasteiger partial charge in [-0.05, 0) is 101 Å². The average Bonchev–Trinajstić information content (AvgIpc) is 3.88. The van der Waals surface area contributed by atoms with Gasteiger partial charge >= 0.3 is 0 Å². The van der Waals surface area contributed by atoms with Crippen LogP contribution in [0.15, 0.2) is 54.9 Å². The quantitative estimate of drug-likeness (QED) is 0.182. The van der Waals surface area contributed by atoms with Crippen molar-refractivity contribution in [1.29, 1.82) is 5.26 Å². The molecule has 2 bridgehead atoms. The van der Waals surface area contributed by atoms with Crippen LogP contribution in [0.4, 0.5) is 20.2 Å². The minimum Gasteiger partial charge on any atom is -0.386 e. The van der Waals surface area contributed by atoms with Crippen molar-refractivity contribution in [2.24, 2.45) is 5.92 Å². The maximum Gasteiger partial charge on any atom is 0.274 e. The van der Waals surface area contributed by atoms with E-state index in [2.05, 4.69) is 37.6 Å². The Bertz CT molecular complexity index is 2720. The molecule has 2 aromatic carbocycles. The monoisotopic (exact) mass is 858 g/mol. The summed E-state index contributed by atoms with van der Waals surface area (Å²) in [5.74, 6) is -4.48. The number of benzene rings is 2. The summed E-state index contributed by atoms with van der Waals surface area (Å²) in [5, 5.41) is 35.9. The molecule has 0 unspecified atom stereocenters. The Morgan fingerprint density at radius 2 is 1.63 bits per heavy atom. The summed E-state index contributed by atoms with van der Waals surface area (Å²) in [5.41, 5.74) is 1.68. The Hall–Kier alpha value is -6.25. The summed E-state index contributed by atoms with van der Waals surface area (Å²) in [4.78, 5) is 57.3. The highest BCUT2D eigenvalue weighted by atomic mass is 19.1. The Labute approximate surface area is 361 Å². The second-order valence-electron chi connectivity index (χ2n) is 18.6. The van der Waals surface area contributed by atoms with Crippen LogP contribution >= 0.6 is 0 Å². The standard InChI is InChI=1S/C46H48F2N10O5/c1-44(2,63)33-21-36-28(18-37(33)51-42(61)38-5-3-30-17-27(22-49)23-50-58(30)38)26-57(53-36)46-10-7-45(8-11-46,9-12-46)56-15-13-54(14-16-56)43(62)29-24-55(25-29)31-19-34(47)40(35(48)20-31)32-4-6-39(59)52-41(32)60/h3,5,17-21,23,26,29,32,63H,4,6-16,24-25H2,1-2H3,(H,51,61)(H,52,59,60)/t32-,45?,46?/m1/s1. The summed E-state index contributed by atoms with van der Waals surface area (Å²) in [6.07, 6.45) is 9.44. The molecule has 0 spiro atoms. The number of piperidine rings is 1. The Morgan fingerprint density at radius 1 is 0.952 bits per heavy atom. The van der Waals surface area contributed by atoms with E-state index in [0.29, 0.717) is 59.9 Å². The molecular formula is C46H48F2N10O5. The molecule has 6 heterocycles. The third kappa shape index (κ3) is 6.99. The summed E-state index contributed by atoms with van der Waals surface area (Å²) in [7, 11) is 0. The first kappa shape index (κ1) is 40.8. The van der Waals surface area contributed by atoms with Gasteiger partial charge in [0.1, 0.15) is 23.4 Å². The fraction of sp³-hybridized carbons (Fsp3) is 0.457. The van der Waals surface area contributed by atoms with Crippen molar-refractivity contribution in [3.8, 4) is 6.07 Å². The molecule has 3 aromatic heterocycles. The molecular weight excluding hydrogens is 811 g/mol. The molecule has 3 saturated heterocycles. The van der Waals surface area contributed by atoms with Gasteiger partial charge in [-0.1, -0.05) is 0 Å². The van der Waals surface area contributed by atoms with Crippen molar-refractivity contribution < 1.29 is 33.1 Å². The number of nitrogens with zero attached hydrogens (tertiary/aromatic N) is 8. The van der Waals surface area contributed by atoms with Gasteiger partial charge in [0.25, 0.3) is 5.91 Å². The molecule has 3 aliphatic carbocycles. The Morgan fingerprint density at radius 3 is 2.29 bits per heavy atom. The van der Waals surface area contributed by atoms with Gasteiger partial charge < -0.3 is 20.2 Å². The lowest BCUT2D eigenvalue weighted by Crippen LogP contribution is -2.64. The second-order valence-corrected chi connectivity index (χ2v) is 18.6. The fourth-order valence-corrected chi connectivity index (χ4v) is 10.9. The summed E-state index contributed by atoms with van der Waals surface area (Å²) < 4.78 is 34.0. The minimum atomic E-state index is -1.28. The summed E-state index contributed by atoms with van der Waals surface area (Å²) in [6, 6.07) is 13.3. The molecule has 5 aromatic rings. The molecule has 6 aliphatic rings. The number of aliphatic hydroxyl groups is 1. The van der Waals surface area contributed by atoms with Crippen molar-refractivity contribution in [2.75, 3.05) is 49.5 Å². The molecule has 3 saturated carbocycles. The topological polar surface area (TPSA) is 181 Å². The number of fused-ring (bicyclic) bond motifs is 5. The van der Waals surface area contributed by atoms with Gasteiger partial charge in [-0.15, -0.1) is 0 Å². The number of carbonyl (C=O) groups is 4. The van der Waals surface area contributed by atoms with Crippen LogP contribution in [0.1, 0.15) is 98.3 Å². The van der Waals surface area contributed by atoms with Crippen LogP contribution in [-0.2, 0) is 25.5 Å². The molecule has 3 N–H and O–H groups in total. The Balaban J connectivity index is 0.762. The SMILES string of the molecule is CC(C)(O)c1cc2nn(C34CCC(N5CCN(C(=O)C6CN(c7cc(F)c([C@H]8CCC(=O)NC8=O)c(F)c7)C6)CC5)(CC3)CC4)cc2cc1NC(=O)c1ccc2cc(C#N)cnn12. The second kappa shape index (κ2) is 14.9. The number of carbonyl (C=O) groups excluding carboxylic acids is 4. The largest absolute Gasteiger partial charge is 0.386 e. The number of hydrogen-bond acceptors (Lipinski definition) is 10. The molecule has 4 amide bonds. The lowest BCUT2D eigenvalue weighted by atomic mass is 9.60. The average molecular weight is 859 g/mol. The molecule has 15 nitrogen and oxygen atoms in total. The van der Waals surface area contributed by atoms with E-state index in [4.69, 9.17) is 5.10 Å². The number of nitriles is 1.